The van der Waals surface area contributed by atoms with Gasteiger partial charge >= 0.3 is 0 Å². The van der Waals surface area contributed by atoms with Gasteiger partial charge in [-0.3, -0.25) is 10.1 Å². The maximum atomic E-state index is 10.9. The summed E-state index contributed by atoms with van der Waals surface area (Å²) in [4.78, 5) is 16.2. The summed E-state index contributed by atoms with van der Waals surface area (Å²) in [5.41, 5.74) is 4.30. The molecule has 0 bridgehead atoms. The van der Waals surface area contributed by atoms with Gasteiger partial charge in [0.25, 0.3) is 5.69 Å². The molecular formula is C26H29N3O6. The zero-order valence-electron chi connectivity index (χ0n) is 19.8. The highest BCUT2D eigenvalue weighted by atomic mass is 16.6. The maximum Gasteiger partial charge on any atom is 0.269 e. The topological polar surface area (TPSA) is 127 Å². The summed E-state index contributed by atoms with van der Waals surface area (Å²) < 4.78 is 5.41. The smallest absolute Gasteiger partial charge is 0.269 e. The van der Waals surface area contributed by atoms with E-state index in [9.17, 15) is 20.4 Å². The Hall–Kier alpha value is -3.62. The first-order valence-electron chi connectivity index (χ1n) is 11.9. The molecule has 2 saturated carbocycles. The molecule has 5 rings (SSSR count). The van der Waals surface area contributed by atoms with Crippen LogP contribution in [-0.2, 0) is 11.4 Å². The third-order valence-corrected chi connectivity index (χ3v) is 8.34. The van der Waals surface area contributed by atoms with E-state index in [1.807, 2.05) is 6.07 Å². The lowest BCUT2D eigenvalue weighted by Crippen LogP contribution is -2.43. The molecule has 35 heavy (non-hydrogen) atoms. The number of methoxy groups -OCH3 is 1. The molecule has 2 aromatic carbocycles. The molecule has 2 fully saturated rings. The van der Waals surface area contributed by atoms with Crippen molar-refractivity contribution < 1.29 is 24.8 Å². The van der Waals surface area contributed by atoms with Crippen molar-refractivity contribution in [3.63, 3.8) is 0 Å². The second-order valence-corrected chi connectivity index (χ2v) is 9.97. The van der Waals surface area contributed by atoms with Gasteiger partial charge in [-0.2, -0.15) is 0 Å². The van der Waals surface area contributed by atoms with E-state index in [-0.39, 0.29) is 23.5 Å². The molecule has 3 unspecified atom stereocenters. The normalized spacial score (nSPS) is 29.4. The lowest BCUT2D eigenvalue weighted by atomic mass is 9.55. The van der Waals surface area contributed by atoms with E-state index in [2.05, 4.69) is 17.2 Å². The van der Waals surface area contributed by atoms with E-state index in [1.165, 1.54) is 12.1 Å². The summed E-state index contributed by atoms with van der Waals surface area (Å²) in [5, 5.41) is 39.1. The average molecular weight is 480 g/mol. The van der Waals surface area contributed by atoms with Crippen LogP contribution in [0.25, 0.3) is 0 Å². The van der Waals surface area contributed by atoms with Crippen molar-refractivity contribution in [1.82, 2.24) is 0 Å². The molecule has 0 amide bonds. The molecule has 4 atom stereocenters. The SMILES string of the molecule is COc1cc2c(cc1O)/C(=N/OCc1ccc([N+](=O)[O-])cc1)CC1C2CC[C@]2(C)/C(=N/O)CCC12. The minimum atomic E-state index is -0.436. The van der Waals surface area contributed by atoms with E-state index in [4.69, 9.17) is 9.57 Å². The van der Waals surface area contributed by atoms with E-state index >= 15 is 0 Å². The number of benzene rings is 2. The molecule has 0 radical (unpaired) electrons. The summed E-state index contributed by atoms with van der Waals surface area (Å²) >= 11 is 0. The highest BCUT2D eigenvalue weighted by Crippen LogP contribution is 2.60. The summed E-state index contributed by atoms with van der Waals surface area (Å²) in [6.45, 7) is 2.39. The van der Waals surface area contributed by atoms with Crippen LogP contribution in [-0.4, -0.2) is 33.8 Å². The molecular weight excluding hydrogens is 450 g/mol. The van der Waals surface area contributed by atoms with Crippen LogP contribution >= 0.6 is 0 Å². The lowest BCUT2D eigenvalue weighted by Gasteiger charge is -2.48. The first-order valence-corrected chi connectivity index (χ1v) is 11.9. The van der Waals surface area contributed by atoms with Gasteiger partial charge in [0, 0.05) is 23.1 Å². The number of fused-ring (bicyclic) bond motifs is 5. The van der Waals surface area contributed by atoms with Gasteiger partial charge in [0.05, 0.1) is 23.5 Å². The van der Waals surface area contributed by atoms with E-state index in [1.54, 1.807) is 25.3 Å². The van der Waals surface area contributed by atoms with Crippen molar-refractivity contribution in [2.45, 2.75) is 51.6 Å². The van der Waals surface area contributed by atoms with Crippen LogP contribution in [0.4, 0.5) is 5.69 Å². The number of oxime groups is 2. The minimum Gasteiger partial charge on any atom is -0.504 e. The van der Waals surface area contributed by atoms with Crippen molar-refractivity contribution in [1.29, 1.82) is 0 Å². The quantitative estimate of drug-likeness (QED) is 0.337. The number of nitrogens with zero attached hydrogens (tertiary/aromatic N) is 3. The lowest BCUT2D eigenvalue weighted by molar-refractivity contribution is -0.384. The third kappa shape index (κ3) is 3.88. The van der Waals surface area contributed by atoms with Gasteiger partial charge in [0.1, 0.15) is 6.61 Å². The van der Waals surface area contributed by atoms with Gasteiger partial charge in [-0.05, 0) is 85.3 Å². The second-order valence-electron chi connectivity index (χ2n) is 9.97. The molecule has 0 heterocycles. The van der Waals surface area contributed by atoms with Crippen molar-refractivity contribution >= 4 is 17.1 Å². The van der Waals surface area contributed by atoms with Crippen LogP contribution in [0.3, 0.4) is 0 Å². The van der Waals surface area contributed by atoms with Gasteiger partial charge in [0.15, 0.2) is 11.5 Å². The molecule has 2 N–H and O–H groups in total. The molecule has 9 heteroatoms. The van der Waals surface area contributed by atoms with Gasteiger partial charge < -0.3 is 19.9 Å². The largest absolute Gasteiger partial charge is 0.504 e. The minimum absolute atomic E-state index is 0.0273. The highest BCUT2D eigenvalue weighted by molar-refractivity contribution is 6.04. The van der Waals surface area contributed by atoms with E-state index < -0.39 is 4.92 Å². The molecule has 2 aromatic rings. The van der Waals surface area contributed by atoms with Crippen LogP contribution < -0.4 is 4.74 Å². The number of nitro benzene ring substituents is 1. The number of non-ortho nitro benzene ring substituents is 1. The summed E-state index contributed by atoms with van der Waals surface area (Å²) in [7, 11) is 1.54. The standard InChI is InChI=1S/C26H29N3O6/c1-26-10-9-17-18-13-24(34-2)23(30)12-20(18)22(11-19(17)21(26)7-8-25(26)27-31)28-35-14-15-3-5-16(6-4-15)29(32)33/h3-6,12-13,17,19,21,30-31H,7-11,14H2,1-2H3/b27-25+,28-22+/t17?,19?,21?,26-/m0/s1. The number of hydrogen-bond donors (Lipinski definition) is 2. The Kier molecular flexibility index (Phi) is 5.86. The third-order valence-electron chi connectivity index (χ3n) is 8.34. The number of ether oxygens (including phenoxy) is 1. The molecule has 0 saturated heterocycles. The van der Waals surface area contributed by atoms with Crippen molar-refractivity contribution in [2.75, 3.05) is 7.11 Å². The van der Waals surface area contributed by atoms with Crippen LogP contribution in [0.15, 0.2) is 46.7 Å². The number of rotatable bonds is 5. The van der Waals surface area contributed by atoms with Gasteiger partial charge in [-0.1, -0.05) is 17.2 Å². The Labute approximate surface area is 203 Å². The zero-order valence-corrected chi connectivity index (χ0v) is 19.8. The van der Waals surface area contributed by atoms with Crippen LogP contribution in [0.5, 0.6) is 11.5 Å². The fraction of sp³-hybridized carbons (Fsp3) is 0.462. The first kappa shape index (κ1) is 23.1. The summed E-state index contributed by atoms with van der Waals surface area (Å²) in [6.07, 6.45) is 4.37. The Morgan fingerprint density at radius 1 is 1.23 bits per heavy atom. The Balaban J connectivity index is 1.47. The summed E-state index contributed by atoms with van der Waals surface area (Å²) in [6, 6.07) is 9.83. The number of aromatic hydroxyl groups is 1. The van der Waals surface area contributed by atoms with Gasteiger partial charge in [-0.25, -0.2) is 0 Å². The molecule has 0 aromatic heterocycles. The predicted molar refractivity (Wildman–Crippen MR) is 129 cm³/mol. The Bertz CT molecular complexity index is 1210. The fourth-order valence-corrected chi connectivity index (χ4v) is 6.53. The second kappa shape index (κ2) is 8.87. The Morgan fingerprint density at radius 2 is 2.00 bits per heavy atom. The van der Waals surface area contributed by atoms with Gasteiger partial charge in [-0.15, -0.1) is 0 Å². The predicted octanol–water partition coefficient (Wildman–Crippen LogP) is 5.37. The molecule has 0 aliphatic heterocycles. The van der Waals surface area contributed by atoms with Crippen molar-refractivity contribution in [2.24, 2.45) is 27.6 Å². The highest BCUT2D eigenvalue weighted by Gasteiger charge is 2.54. The maximum absolute atomic E-state index is 10.9. The number of phenolic OH excluding ortho intramolecular Hbond substituents is 1. The number of hydrogen-bond acceptors (Lipinski definition) is 8. The monoisotopic (exact) mass is 479 g/mol. The number of nitro groups is 1. The Morgan fingerprint density at radius 3 is 2.69 bits per heavy atom. The molecule has 3 aliphatic rings. The molecule has 3 aliphatic carbocycles. The summed E-state index contributed by atoms with van der Waals surface area (Å²) in [5.74, 6) is 1.46. The fourth-order valence-electron chi connectivity index (χ4n) is 6.53. The first-order chi connectivity index (χ1) is 16.9. The van der Waals surface area contributed by atoms with Crippen LogP contribution in [0, 0.1) is 27.4 Å². The zero-order chi connectivity index (χ0) is 24.7. The van der Waals surface area contributed by atoms with E-state index in [0.717, 1.165) is 53.8 Å². The van der Waals surface area contributed by atoms with Crippen molar-refractivity contribution in [3.8, 4) is 11.5 Å². The number of phenols is 1. The van der Waals surface area contributed by atoms with Crippen molar-refractivity contribution in [3.05, 3.63) is 63.2 Å². The molecule has 9 nitrogen and oxygen atoms in total. The van der Waals surface area contributed by atoms with Gasteiger partial charge in [0.2, 0.25) is 0 Å². The molecule has 184 valence electrons. The van der Waals surface area contributed by atoms with Crippen LogP contribution in [0.2, 0.25) is 0 Å². The average Bonchev–Trinajstić information content (AvgIpc) is 3.20. The molecule has 0 spiro atoms. The van der Waals surface area contributed by atoms with E-state index in [0.29, 0.717) is 29.9 Å². The van der Waals surface area contributed by atoms with Crippen LogP contribution in [0.1, 0.15) is 61.6 Å².